The van der Waals surface area contributed by atoms with E-state index in [0.29, 0.717) is 18.6 Å². The highest BCUT2D eigenvalue weighted by Gasteiger charge is 2.32. The number of hydrogen-bond donors (Lipinski definition) is 3. The molecule has 3 atom stereocenters. The van der Waals surface area contributed by atoms with Gasteiger partial charge in [-0.1, -0.05) is 18.2 Å². The van der Waals surface area contributed by atoms with Crippen molar-refractivity contribution in [2.75, 3.05) is 51.3 Å². The molecule has 2 aromatic carbocycles. The molecule has 3 aromatic rings. The monoisotopic (exact) mass is 543 g/mol. The van der Waals surface area contributed by atoms with Crippen molar-refractivity contribution in [3.63, 3.8) is 0 Å². The number of carbonyl (C=O) groups is 1. The van der Waals surface area contributed by atoms with Gasteiger partial charge in [-0.15, -0.1) is 0 Å². The van der Waals surface area contributed by atoms with Crippen LogP contribution in [-0.2, 0) is 16.6 Å². The van der Waals surface area contributed by atoms with Crippen molar-refractivity contribution in [3.05, 3.63) is 59.8 Å². The van der Waals surface area contributed by atoms with E-state index in [1.807, 2.05) is 29.8 Å². The van der Waals surface area contributed by atoms with Crippen LogP contribution in [0.15, 0.2) is 54.1 Å². The molecular weight excluding hydrogens is 506 g/mol. The second-order valence-electron chi connectivity index (χ2n) is 10.8. The maximum Gasteiger partial charge on any atom is 0.262 e. The molecule has 0 aliphatic carbocycles. The molecule has 0 saturated carbocycles. The summed E-state index contributed by atoms with van der Waals surface area (Å²) >= 11 is 0. The predicted molar refractivity (Wildman–Crippen MR) is 156 cm³/mol. The molecule has 0 spiro atoms. The third-order valence-corrected chi connectivity index (χ3v) is 8.19. The van der Waals surface area contributed by atoms with Gasteiger partial charge in [-0.2, -0.15) is 5.26 Å². The van der Waals surface area contributed by atoms with Gasteiger partial charge in [0.2, 0.25) is 0 Å². The summed E-state index contributed by atoms with van der Waals surface area (Å²) < 4.78 is 7.47. The van der Waals surface area contributed by atoms with Crippen LogP contribution in [0, 0.1) is 11.3 Å². The van der Waals surface area contributed by atoms with Crippen molar-refractivity contribution < 1.29 is 19.7 Å². The van der Waals surface area contributed by atoms with Gasteiger partial charge in [-0.05, 0) is 72.6 Å². The number of nitriles is 1. The Morgan fingerprint density at radius 1 is 1.05 bits per heavy atom. The number of nitrogens with one attached hydrogen (secondary N) is 1. The Balaban J connectivity index is 1.34. The van der Waals surface area contributed by atoms with E-state index in [2.05, 4.69) is 58.6 Å². The van der Waals surface area contributed by atoms with Crippen LogP contribution >= 0.6 is 0 Å². The molecule has 0 unspecified atom stereocenters. The van der Waals surface area contributed by atoms with Crippen LogP contribution < -0.4 is 10.2 Å². The molecule has 1 amide bonds. The fourth-order valence-corrected chi connectivity index (χ4v) is 5.58. The zero-order valence-corrected chi connectivity index (χ0v) is 23.3. The normalized spacial score (nSPS) is 22.6. The van der Waals surface area contributed by atoms with Gasteiger partial charge in [-0.25, -0.2) is 0 Å². The highest BCUT2D eigenvalue weighted by atomic mass is 16.5. The van der Waals surface area contributed by atoms with E-state index in [0.717, 1.165) is 48.5 Å². The van der Waals surface area contributed by atoms with Crippen molar-refractivity contribution in [2.24, 2.45) is 7.05 Å². The van der Waals surface area contributed by atoms with Gasteiger partial charge >= 0.3 is 0 Å². The average molecular weight is 544 g/mol. The maximum absolute atomic E-state index is 12.9. The first kappa shape index (κ1) is 27.9. The van der Waals surface area contributed by atoms with Gasteiger partial charge in [0.05, 0.1) is 6.10 Å². The lowest BCUT2D eigenvalue weighted by molar-refractivity contribution is -0.136. The number of piperazine rings is 1. The standard InChI is InChI=1S/C31H37N5O4/c1-20(25(18-32)31(39)33-19-29-30(38)28(37)10-15-40-29)26-8-9-27(35(26)3)23-5-4-22-17-24(7-6-21(22)16-23)36-13-11-34(2)12-14-36/h4-9,16-17,28-30,37-38H,10-15,19H2,1-3H3,(H,33,39)/b25-20+/t28-,29-,30+/m1/s1. The molecule has 0 bridgehead atoms. The minimum absolute atomic E-state index is 0.00151. The van der Waals surface area contributed by atoms with E-state index < -0.39 is 24.2 Å². The molecule has 5 rings (SSSR count). The van der Waals surface area contributed by atoms with Crippen molar-refractivity contribution in [1.29, 1.82) is 5.26 Å². The van der Waals surface area contributed by atoms with Crippen LogP contribution in [0.1, 0.15) is 19.0 Å². The molecule has 2 aliphatic heterocycles. The number of benzene rings is 2. The summed E-state index contributed by atoms with van der Waals surface area (Å²) in [6.07, 6.45) is -2.35. The van der Waals surface area contributed by atoms with E-state index in [4.69, 9.17) is 4.74 Å². The Kier molecular flexibility index (Phi) is 8.24. The Hall–Kier alpha value is -3.68. The lowest BCUT2D eigenvalue weighted by atomic mass is 10.0. The first-order valence-corrected chi connectivity index (χ1v) is 13.8. The molecule has 40 heavy (non-hydrogen) atoms. The zero-order valence-electron chi connectivity index (χ0n) is 23.3. The molecule has 2 saturated heterocycles. The lowest BCUT2D eigenvalue weighted by Gasteiger charge is -2.34. The quantitative estimate of drug-likeness (QED) is 0.323. The minimum Gasteiger partial charge on any atom is -0.390 e. The topological polar surface area (TPSA) is 114 Å². The molecule has 2 fully saturated rings. The van der Waals surface area contributed by atoms with Crippen LogP contribution in [0.5, 0.6) is 0 Å². The molecule has 9 nitrogen and oxygen atoms in total. The first-order chi connectivity index (χ1) is 19.3. The SMILES string of the molecule is C/C(=C(/C#N)C(=O)NC[C@H]1OCC[C@@H](O)[C@@H]1O)c1ccc(-c2ccc3cc(N4CCN(C)CC4)ccc3c2)n1C. The summed E-state index contributed by atoms with van der Waals surface area (Å²) in [5.74, 6) is -0.541. The molecule has 1 aromatic heterocycles. The van der Waals surface area contributed by atoms with E-state index in [1.165, 1.54) is 11.1 Å². The molecule has 3 heterocycles. The molecule has 3 N–H and O–H groups in total. The third-order valence-electron chi connectivity index (χ3n) is 8.19. The van der Waals surface area contributed by atoms with E-state index in [9.17, 15) is 20.3 Å². The number of rotatable bonds is 6. The Bertz CT molecular complexity index is 1460. The number of allylic oxidation sites excluding steroid dienone is 1. The van der Waals surface area contributed by atoms with Gasteiger partial charge in [-0.3, -0.25) is 4.79 Å². The van der Waals surface area contributed by atoms with Crippen LogP contribution in [-0.4, -0.2) is 90.3 Å². The minimum atomic E-state index is -1.08. The molecule has 210 valence electrons. The Labute approximate surface area is 234 Å². The second kappa shape index (κ2) is 11.8. The number of aliphatic hydroxyl groups is 2. The number of hydrogen-bond acceptors (Lipinski definition) is 7. The number of anilines is 1. The molecular formula is C31H37N5O4. The fraction of sp³-hybridized carbons (Fsp3) is 0.419. The highest BCUT2D eigenvalue weighted by Crippen LogP contribution is 2.31. The summed E-state index contributed by atoms with van der Waals surface area (Å²) in [4.78, 5) is 17.7. The number of amides is 1. The Morgan fingerprint density at radius 3 is 2.52 bits per heavy atom. The van der Waals surface area contributed by atoms with Crippen LogP contribution in [0.4, 0.5) is 5.69 Å². The number of nitrogens with zero attached hydrogens (tertiary/aromatic N) is 4. The Morgan fingerprint density at radius 2 is 1.77 bits per heavy atom. The summed E-state index contributed by atoms with van der Waals surface area (Å²) in [7, 11) is 4.09. The summed E-state index contributed by atoms with van der Waals surface area (Å²) in [5.41, 5.74) is 4.58. The summed E-state index contributed by atoms with van der Waals surface area (Å²) in [6, 6.07) is 19.0. The zero-order chi connectivity index (χ0) is 28.4. The number of fused-ring (bicyclic) bond motifs is 1. The van der Waals surface area contributed by atoms with Crippen LogP contribution in [0.25, 0.3) is 27.6 Å². The number of carbonyl (C=O) groups excluding carboxylic acids is 1. The summed E-state index contributed by atoms with van der Waals surface area (Å²) in [6.45, 7) is 6.25. The van der Waals surface area contributed by atoms with Crippen molar-refractivity contribution in [3.8, 4) is 17.3 Å². The summed E-state index contributed by atoms with van der Waals surface area (Å²) in [5, 5.41) is 34.8. The maximum atomic E-state index is 12.9. The third kappa shape index (κ3) is 5.62. The van der Waals surface area contributed by atoms with Gasteiger partial charge in [0.15, 0.2) is 0 Å². The second-order valence-corrected chi connectivity index (χ2v) is 10.8. The number of aliphatic hydroxyl groups excluding tert-OH is 2. The van der Waals surface area contributed by atoms with Crippen molar-refractivity contribution in [1.82, 2.24) is 14.8 Å². The fourth-order valence-electron chi connectivity index (χ4n) is 5.58. The van der Waals surface area contributed by atoms with Gasteiger partial charge < -0.3 is 34.6 Å². The van der Waals surface area contributed by atoms with Gasteiger partial charge in [0.1, 0.15) is 23.9 Å². The number of likely N-dealkylation sites (N-methyl/N-ethyl adjacent to an activating group) is 1. The van der Waals surface area contributed by atoms with E-state index >= 15 is 0 Å². The smallest absolute Gasteiger partial charge is 0.262 e. The average Bonchev–Trinajstić information content (AvgIpc) is 3.35. The lowest BCUT2D eigenvalue weighted by Crippen LogP contribution is -2.50. The van der Waals surface area contributed by atoms with Crippen LogP contribution in [0.3, 0.4) is 0 Å². The first-order valence-electron chi connectivity index (χ1n) is 13.8. The van der Waals surface area contributed by atoms with Crippen LogP contribution in [0.2, 0.25) is 0 Å². The van der Waals surface area contributed by atoms with Crippen molar-refractivity contribution >= 4 is 27.9 Å². The largest absolute Gasteiger partial charge is 0.390 e. The van der Waals surface area contributed by atoms with Crippen molar-refractivity contribution in [2.45, 2.75) is 31.7 Å². The number of aromatic nitrogens is 1. The van der Waals surface area contributed by atoms with Gasteiger partial charge in [0.25, 0.3) is 5.91 Å². The molecule has 9 heteroatoms. The van der Waals surface area contributed by atoms with E-state index in [-0.39, 0.29) is 12.1 Å². The van der Waals surface area contributed by atoms with E-state index in [1.54, 1.807) is 6.92 Å². The molecule has 0 radical (unpaired) electrons. The molecule has 2 aliphatic rings. The van der Waals surface area contributed by atoms with Gasteiger partial charge in [0, 0.05) is 63.5 Å². The predicted octanol–water partition coefficient (Wildman–Crippen LogP) is 2.52. The number of ether oxygens (including phenoxy) is 1. The highest BCUT2D eigenvalue weighted by molar-refractivity contribution is 6.04.